The summed E-state index contributed by atoms with van der Waals surface area (Å²) in [5.41, 5.74) is 9.65. The number of nitrogens with zero attached hydrogens (tertiary/aromatic N) is 1. The average molecular weight is 201 g/mol. The summed E-state index contributed by atoms with van der Waals surface area (Å²) in [6.45, 7) is 2.13. The second-order valence-electron chi connectivity index (χ2n) is 4.44. The van der Waals surface area contributed by atoms with Crippen molar-refractivity contribution >= 4 is 10.9 Å². The fraction of sp³-hybridized carbons (Fsp3) is 0.417. The Labute approximate surface area is 88.7 Å². The van der Waals surface area contributed by atoms with E-state index in [1.54, 1.807) is 0 Å². The van der Waals surface area contributed by atoms with Crippen LogP contribution in [-0.4, -0.2) is 10.2 Å². The summed E-state index contributed by atoms with van der Waals surface area (Å²) in [5.74, 6) is 0. The average Bonchev–Trinajstić information content (AvgIpc) is 2.88. The Morgan fingerprint density at radius 3 is 2.93 bits per heavy atom. The molecule has 3 rings (SSSR count). The maximum Gasteiger partial charge on any atom is 0.0923 e. The fourth-order valence-electron chi connectivity index (χ4n) is 2.07. The van der Waals surface area contributed by atoms with Crippen LogP contribution in [-0.2, 0) is 12.0 Å². The summed E-state index contributed by atoms with van der Waals surface area (Å²) in [6.07, 6.45) is 3.20. The molecule has 1 saturated carbocycles. The van der Waals surface area contributed by atoms with E-state index in [2.05, 4.69) is 35.3 Å². The van der Waals surface area contributed by atoms with Crippen LogP contribution < -0.4 is 5.73 Å². The molecular weight excluding hydrogens is 186 g/mol. The predicted molar refractivity (Wildman–Crippen MR) is 60.6 cm³/mol. The Morgan fingerprint density at radius 1 is 1.47 bits per heavy atom. The molecule has 1 aliphatic rings. The summed E-state index contributed by atoms with van der Waals surface area (Å²) in [5, 5.41) is 8.57. The third-order valence-electron chi connectivity index (χ3n) is 3.35. The zero-order valence-corrected chi connectivity index (χ0v) is 8.88. The van der Waals surface area contributed by atoms with Crippen LogP contribution in [0.1, 0.15) is 31.0 Å². The molecule has 1 heterocycles. The van der Waals surface area contributed by atoms with Gasteiger partial charge in [-0.25, -0.2) is 0 Å². The highest BCUT2D eigenvalue weighted by molar-refractivity contribution is 5.82. The number of hydrogen-bond acceptors (Lipinski definition) is 2. The zero-order valence-electron chi connectivity index (χ0n) is 8.88. The fourth-order valence-corrected chi connectivity index (χ4v) is 2.07. The molecule has 0 aliphatic heterocycles. The second kappa shape index (κ2) is 2.83. The molecule has 1 fully saturated rings. The summed E-state index contributed by atoms with van der Waals surface area (Å²) in [7, 11) is 0. The highest BCUT2D eigenvalue weighted by Gasteiger charge is 2.40. The quantitative estimate of drug-likeness (QED) is 0.781. The summed E-state index contributed by atoms with van der Waals surface area (Å²) in [4.78, 5) is 0. The molecule has 1 aromatic carbocycles. The van der Waals surface area contributed by atoms with Crippen LogP contribution in [0.25, 0.3) is 10.9 Å². The van der Waals surface area contributed by atoms with Crippen molar-refractivity contribution in [1.82, 2.24) is 10.2 Å². The van der Waals surface area contributed by atoms with E-state index in [4.69, 9.17) is 5.73 Å². The van der Waals surface area contributed by atoms with Gasteiger partial charge in [-0.15, -0.1) is 0 Å². The van der Waals surface area contributed by atoms with E-state index in [9.17, 15) is 0 Å². The molecule has 15 heavy (non-hydrogen) atoms. The molecular formula is C12H15N3. The standard InChI is InChI=1S/C12H15N3/c1-2-10-9-7-8(12(13)5-6-12)3-4-11(9)15-14-10/h3-4,7H,2,5-6,13H2,1H3,(H,14,15). The van der Waals surface area contributed by atoms with E-state index >= 15 is 0 Å². The van der Waals surface area contributed by atoms with Crippen LogP contribution >= 0.6 is 0 Å². The lowest BCUT2D eigenvalue weighted by Crippen LogP contribution is -2.18. The number of benzene rings is 1. The van der Waals surface area contributed by atoms with Crippen molar-refractivity contribution in [3.05, 3.63) is 29.5 Å². The van der Waals surface area contributed by atoms with Crippen molar-refractivity contribution in [2.75, 3.05) is 0 Å². The number of H-pyrrole nitrogens is 1. The van der Waals surface area contributed by atoms with Crippen molar-refractivity contribution < 1.29 is 0 Å². The van der Waals surface area contributed by atoms with E-state index in [1.165, 1.54) is 16.6 Å². The van der Waals surface area contributed by atoms with E-state index in [-0.39, 0.29) is 5.54 Å². The van der Waals surface area contributed by atoms with E-state index in [0.717, 1.165) is 24.8 Å². The number of aryl methyl sites for hydroxylation is 1. The number of aromatic amines is 1. The predicted octanol–water partition coefficient (Wildman–Crippen LogP) is 2.07. The van der Waals surface area contributed by atoms with Crippen LogP contribution in [0.5, 0.6) is 0 Å². The van der Waals surface area contributed by atoms with Crippen LogP contribution in [0.15, 0.2) is 18.2 Å². The van der Waals surface area contributed by atoms with Gasteiger partial charge in [0.15, 0.2) is 0 Å². The third kappa shape index (κ3) is 1.27. The highest BCUT2D eigenvalue weighted by atomic mass is 15.1. The Morgan fingerprint density at radius 2 is 2.27 bits per heavy atom. The number of fused-ring (bicyclic) bond motifs is 1. The molecule has 78 valence electrons. The molecule has 3 heteroatoms. The van der Waals surface area contributed by atoms with Crippen LogP contribution in [0, 0.1) is 0 Å². The van der Waals surface area contributed by atoms with Crippen molar-refractivity contribution in [1.29, 1.82) is 0 Å². The van der Waals surface area contributed by atoms with Gasteiger partial charge in [-0.1, -0.05) is 13.0 Å². The minimum atomic E-state index is -0.0452. The molecule has 1 aromatic heterocycles. The number of nitrogens with one attached hydrogen (secondary N) is 1. The second-order valence-corrected chi connectivity index (χ2v) is 4.44. The summed E-state index contributed by atoms with van der Waals surface area (Å²) < 4.78 is 0. The van der Waals surface area contributed by atoms with Gasteiger partial charge in [0.2, 0.25) is 0 Å². The minimum Gasteiger partial charge on any atom is -0.321 e. The molecule has 3 N–H and O–H groups in total. The lowest BCUT2D eigenvalue weighted by atomic mass is 10.0. The molecule has 0 unspecified atom stereocenters. The first kappa shape index (κ1) is 8.92. The third-order valence-corrected chi connectivity index (χ3v) is 3.35. The molecule has 0 bridgehead atoms. The lowest BCUT2D eigenvalue weighted by molar-refractivity contribution is 0.741. The molecule has 0 atom stereocenters. The smallest absolute Gasteiger partial charge is 0.0923 e. The topological polar surface area (TPSA) is 54.7 Å². The number of aromatic nitrogens is 2. The molecule has 2 aromatic rings. The van der Waals surface area contributed by atoms with Crippen LogP contribution in [0.3, 0.4) is 0 Å². The Kier molecular flexibility index (Phi) is 1.68. The van der Waals surface area contributed by atoms with Crippen LogP contribution in [0.2, 0.25) is 0 Å². The molecule has 1 aliphatic carbocycles. The molecule has 3 nitrogen and oxygen atoms in total. The molecule has 0 saturated heterocycles. The van der Waals surface area contributed by atoms with Gasteiger partial charge in [0.05, 0.1) is 5.52 Å². The lowest BCUT2D eigenvalue weighted by Gasteiger charge is -2.08. The van der Waals surface area contributed by atoms with Crippen molar-refractivity contribution in [2.45, 2.75) is 31.7 Å². The van der Waals surface area contributed by atoms with Gasteiger partial charge in [-0.2, -0.15) is 5.10 Å². The molecule has 0 spiro atoms. The normalized spacial score (nSPS) is 18.3. The number of nitrogens with two attached hydrogens (primary N) is 1. The Bertz CT molecular complexity index is 509. The van der Waals surface area contributed by atoms with Gasteiger partial charge in [0.25, 0.3) is 0 Å². The van der Waals surface area contributed by atoms with E-state index in [0.29, 0.717) is 0 Å². The van der Waals surface area contributed by atoms with Gasteiger partial charge in [-0.3, -0.25) is 5.10 Å². The van der Waals surface area contributed by atoms with Gasteiger partial charge < -0.3 is 5.73 Å². The Hall–Kier alpha value is -1.35. The van der Waals surface area contributed by atoms with Crippen molar-refractivity contribution in [2.24, 2.45) is 5.73 Å². The SMILES string of the molecule is CCc1[nH]nc2ccc(C3(N)CC3)cc12. The van der Waals surface area contributed by atoms with Gasteiger partial charge in [0.1, 0.15) is 0 Å². The van der Waals surface area contributed by atoms with Gasteiger partial charge in [-0.05, 0) is 37.0 Å². The molecule has 0 amide bonds. The van der Waals surface area contributed by atoms with E-state index < -0.39 is 0 Å². The van der Waals surface area contributed by atoms with Crippen molar-refractivity contribution in [3.8, 4) is 0 Å². The van der Waals surface area contributed by atoms with Gasteiger partial charge >= 0.3 is 0 Å². The first-order valence-corrected chi connectivity index (χ1v) is 5.49. The monoisotopic (exact) mass is 201 g/mol. The van der Waals surface area contributed by atoms with E-state index in [1.807, 2.05) is 0 Å². The largest absolute Gasteiger partial charge is 0.321 e. The minimum absolute atomic E-state index is 0.0452. The number of rotatable bonds is 2. The van der Waals surface area contributed by atoms with Gasteiger partial charge in [0, 0.05) is 16.6 Å². The first-order valence-electron chi connectivity index (χ1n) is 5.49. The maximum absolute atomic E-state index is 6.19. The highest BCUT2D eigenvalue weighted by Crippen LogP contribution is 2.43. The Balaban J connectivity index is 2.19. The summed E-state index contributed by atoms with van der Waals surface area (Å²) >= 11 is 0. The van der Waals surface area contributed by atoms with Crippen LogP contribution in [0.4, 0.5) is 0 Å². The number of hydrogen-bond donors (Lipinski definition) is 2. The van der Waals surface area contributed by atoms with Crippen molar-refractivity contribution in [3.63, 3.8) is 0 Å². The maximum atomic E-state index is 6.19. The summed E-state index contributed by atoms with van der Waals surface area (Å²) in [6, 6.07) is 6.37. The molecule has 0 radical (unpaired) electrons. The first-order chi connectivity index (χ1) is 7.23. The zero-order chi connectivity index (χ0) is 10.5.